The molecule has 9 heteroatoms. The van der Waals surface area contributed by atoms with Gasteiger partial charge in [0.2, 0.25) is 0 Å². The number of halogens is 1. The van der Waals surface area contributed by atoms with Crippen LogP contribution in [0, 0.1) is 5.82 Å². The molecule has 6 rings (SSSR count). The number of nitrogens with zero attached hydrogens (tertiary/aromatic N) is 3. The first kappa shape index (κ1) is 21.7. The number of fused-ring (bicyclic) bond motifs is 3. The highest BCUT2D eigenvalue weighted by Gasteiger charge is 2.36. The Morgan fingerprint density at radius 2 is 1.92 bits per heavy atom. The smallest absolute Gasteiger partial charge is 0.258 e. The number of nitrogens with one attached hydrogen (secondary N) is 2. The topological polar surface area (TPSA) is 111 Å². The van der Waals surface area contributed by atoms with Crippen molar-refractivity contribution in [2.45, 2.75) is 19.6 Å². The van der Waals surface area contributed by atoms with Gasteiger partial charge < -0.3 is 20.3 Å². The average molecular weight is 481 g/mol. The number of rotatable bonds is 5. The maximum absolute atomic E-state index is 13.5. The third-order valence-electron chi connectivity index (χ3n) is 6.36. The molecule has 1 aliphatic rings. The first-order chi connectivity index (χ1) is 17.5. The number of aromatic amines is 1. The minimum absolute atomic E-state index is 0.0669. The van der Waals surface area contributed by atoms with Crippen LogP contribution in [0.3, 0.4) is 0 Å². The lowest BCUT2D eigenvalue weighted by Gasteiger charge is -2.16. The largest absolute Gasteiger partial charge is 0.505 e. The van der Waals surface area contributed by atoms with Gasteiger partial charge in [-0.05, 0) is 35.9 Å². The lowest BCUT2D eigenvalue weighted by atomic mass is 9.96. The normalized spacial score (nSPS) is 12.9. The van der Waals surface area contributed by atoms with Gasteiger partial charge in [-0.3, -0.25) is 14.6 Å². The number of para-hydroxylation sites is 2. The van der Waals surface area contributed by atoms with Crippen LogP contribution in [0.1, 0.15) is 37.7 Å². The van der Waals surface area contributed by atoms with Crippen molar-refractivity contribution in [2.24, 2.45) is 0 Å². The van der Waals surface area contributed by atoms with Crippen molar-refractivity contribution in [3.05, 3.63) is 101 Å². The van der Waals surface area contributed by atoms with Crippen LogP contribution in [0.15, 0.2) is 66.9 Å². The number of hydrogen-bond acceptors (Lipinski definition) is 5. The Labute approximate surface area is 204 Å². The van der Waals surface area contributed by atoms with Crippen LogP contribution < -0.4 is 5.32 Å². The molecule has 0 saturated carbocycles. The molecule has 0 spiro atoms. The fourth-order valence-corrected chi connectivity index (χ4v) is 4.69. The summed E-state index contributed by atoms with van der Waals surface area (Å²) < 4.78 is 13.3. The standard InChI is InChI=1S/C27H20FN5O3/c28-16-9-7-15(8-10-16)13-33-14-18-22(17-4-3-11-29-24(17)25(34)23(18)27(33)36)26(35)30-12-21-31-19-5-1-2-6-20(19)32-21/h1-11,34H,12-14H2,(H,30,35)(H,31,32). The minimum Gasteiger partial charge on any atom is -0.505 e. The number of phenols is 1. The molecule has 178 valence electrons. The summed E-state index contributed by atoms with van der Waals surface area (Å²) in [5, 5.41) is 14.3. The molecule has 1 aliphatic heterocycles. The predicted octanol–water partition coefficient (Wildman–Crippen LogP) is 4.04. The van der Waals surface area contributed by atoms with E-state index in [9.17, 15) is 19.1 Å². The van der Waals surface area contributed by atoms with E-state index in [0.717, 1.165) is 16.6 Å². The van der Waals surface area contributed by atoms with Gasteiger partial charge in [0, 0.05) is 30.2 Å². The first-order valence-electron chi connectivity index (χ1n) is 11.4. The highest BCUT2D eigenvalue weighted by atomic mass is 19.1. The van der Waals surface area contributed by atoms with Gasteiger partial charge in [0.05, 0.1) is 28.7 Å². The van der Waals surface area contributed by atoms with Crippen molar-refractivity contribution in [2.75, 3.05) is 0 Å². The summed E-state index contributed by atoms with van der Waals surface area (Å²) in [5.41, 5.74) is 3.36. The van der Waals surface area contributed by atoms with Crippen LogP contribution in [-0.4, -0.2) is 36.8 Å². The highest BCUT2D eigenvalue weighted by molar-refractivity contribution is 6.15. The van der Waals surface area contributed by atoms with Crippen molar-refractivity contribution in [3.63, 3.8) is 0 Å². The number of H-pyrrole nitrogens is 1. The molecule has 0 bridgehead atoms. The van der Waals surface area contributed by atoms with E-state index < -0.39 is 11.8 Å². The molecule has 0 fully saturated rings. The molecular weight excluding hydrogens is 461 g/mol. The molecule has 0 aliphatic carbocycles. The van der Waals surface area contributed by atoms with Gasteiger partial charge in [-0.25, -0.2) is 9.37 Å². The Kier molecular flexibility index (Phi) is 5.10. The lowest BCUT2D eigenvalue weighted by Crippen LogP contribution is -2.25. The molecule has 0 atom stereocenters. The number of carbonyl (C=O) groups excluding carboxylic acids is 2. The Bertz CT molecular complexity index is 1630. The van der Waals surface area contributed by atoms with Crippen molar-refractivity contribution >= 4 is 33.8 Å². The zero-order chi connectivity index (χ0) is 24.8. The Morgan fingerprint density at radius 1 is 1.11 bits per heavy atom. The molecule has 2 aromatic heterocycles. The molecular formula is C27H20FN5O3. The number of benzene rings is 3. The molecule has 0 unspecified atom stereocenters. The molecule has 5 aromatic rings. The van der Waals surface area contributed by atoms with Crippen molar-refractivity contribution in [1.29, 1.82) is 0 Å². The fraction of sp³-hybridized carbons (Fsp3) is 0.111. The molecule has 0 radical (unpaired) electrons. The zero-order valence-electron chi connectivity index (χ0n) is 19.0. The van der Waals surface area contributed by atoms with E-state index in [4.69, 9.17) is 0 Å². The Morgan fingerprint density at radius 3 is 2.72 bits per heavy atom. The van der Waals surface area contributed by atoms with E-state index in [-0.39, 0.29) is 47.8 Å². The third-order valence-corrected chi connectivity index (χ3v) is 6.36. The Balaban J connectivity index is 1.36. The summed E-state index contributed by atoms with van der Waals surface area (Å²) in [5.74, 6) is -0.836. The van der Waals surface area contributed by atoms with Crippen LogP contribution in [-0.2, 0) is 19.6 Å². The van der Waals surface area contributed by atoms with Crippen LogP contribution in [0.4, 0.5) is 4.39 Å². The predicted molar refractivity (Wildman–Crippen MR) is 131 cm³/mol. The lowest BCUT2D eigenvalue weighted by molar-refractivity contribution is 0.0763. The van der Waals surface area contributed by atoms with Gasteiger partial charge in [0.25, 0.3) is 11.8 Å². The van der Waals surface area contributed by atoms with Gasteiger partial charge in [-0.2, -0.15) is 0 Å². The summed E-state index contributed by atoms with van der Waals surface area (Å²) in [7, 11) is 0. The highest BCUT2D eigenvalue weighted by Crippen LogP contribution is 2.40. The van der Waals surface area contributed by atoms with E-state index in [1.165, 1.54) is 23.2 Å². The average Bonchev–Trinajstić information content (AvgIpc) is 3.45. The third kappa shape index (κ3) is 3.61. The maximum Gasteiger partial charge on any atom is 0.258 e. The number of imidazole rings is 1. The number of amides is 2. The minimum atomic E-state index is -0.411. The van der Waals surface area contributed by atoms with Crippen molar-refractivity contribution < 1.29 is 19.1 Å². The van der Waals surface area contributed by atoms with Crippen molar-refractivity contribution in [3.8, 4) is 5.75 Å². The van der Waals surface area contributed by atoms with Gasteiger partial charge in [0.1, 0.15) is 17.2 Å². The van der Waals surface area contributed by atoms with Gasteiger partial charge in [-0.1, -0.05) is 30.3 Å². The first-order valence-corrected chi connectivity index (χ1v) is 11.4. The molecule has 36 heavy (non-hydrogen) atoms. The van der Waals surface area contributed by atoms with Gasteiger partial charge in [-0.15, -0.1) is 0 Å². The monoisotopic (exact) mass is 481 g/mol. The quantitative estimate of drug-likeness (QED) is 0.351. The van der Waals surface area contributed by atoms with Gasteiger partial charge in [0.15, 0.2) is 5.75 Å². The number of aromatic nitrogens is 3. The number of pyridine rings is 1. The Hall–Kier alpha value is -4.79. The van der Waals surface area contributed by atoms with E-state index in [1.807, 2.05) is 24.3 Å². The summed E-state index contributed by atoms with van der Waals surface area (Å²) in [4.78, 5) is 40.2. The summed E-state index contributed by atoms with van der Waals surface area (Å²) in [6.07, 6.45) is 1.50. The van der Waals surface area contributed by atoms with Crippen molar-refractivity contribution in [1.82, 2.24) is 25.2 Å². The van der Waals surface area contributed by atoms with Crippen LogP contribution in [0.2, 0.25) is 0 Å². The summed E-state index contributed by atoms with van der Waals surface area (Å²) >= 11 is 0. The molecule has 2 amide bonds. The number of phenolic OH excluding ortho intramolecular Hbond substituents is 1. The van der Waals surface area contributed by atoms with Crippen LogP contribution in [0.25, 0.3) is 21.9 Å². The van der Waals surface area contributed by atoms with E-state index in [1.54, 1.807) is 24.3 Å². The van der Waals surface area contributed by atoms with E-state index >= 15 is 0 Å². The number of carbonyl (C=O) groups is 2. The number of aromatic hydroxyl groups is 1. The SMILES string of the molecule is O=C(NCc1nc2ccccc2[nH]1)c1c2c(c(O)c3ncccc13)C(=O)N(Cc1ccc(F)cc1)C2. The second kappa shape index (κ2) is 8.46. The molecule has 8 nitrogen and oxygen atoms in total. The van der Waals surface area contributed by atoms with E-state index in [0.29, 0.717) is 16.8 Å². The second-order valence-electron chi connectivity index (χ2n) is 8.65. The van der Waals surface area contributed by atoms with Crippen LogP contribution in [0.5, 0.6) is 5.75 Å². The fourth-order valence-electron chi connectivity index (χ4n) is 4.69. The van der Waals surface area contributed by atoms with Crippen LogP contribution >= 0.6 is 0 Å². The number of hydrogen-bond donors (Lipinski definition) is 3. The molecule has 3 heterocycles. The summed E-state index contributed by atoms with van der Waals surface area (Å²) in [6.45, 7) is 0.479. The molecule has 3 aromatic carbocycles. The molecule has 3 N–H and O–H groups in total. The molecule has 0 saturated heterocycles. The zero-order valence-corrected chi connectivity index (χ0v) is 19.0. The van der Waals surface area contributed by atoms with Gasteiger partial charge >= 0.3 is 0 Å². The maximum atomic E-state index is 13.5. The van der Waals surface area contributed by atoms with E-state index in [2.05, 4.69) is 20.3 Å². The summed E-state index contributed by atoms with van der Waals surface area (Å²) in [6, 6.07) is 16.8. The second-order valence-corrected chi connectivity index (χ2v) is 8.65.